The Labute approximate surface area is 174 Å². The zero-order valence-corrected chi connectivity index (χ0v) is 19.0. The molecule has 1 unspecified atom stereocenters. The second kappa shape index (κ2) is 9.61. The Kier molecular flexibility index (Phi) is 7.69. The molecule has 6 nitrogen and oxygen atoms in total. The fraction of sp³-hybridized carbons (Fsp3) is 0.652. The number of aliphatic hydroxyl groups is 1. The molecule has 0 saturated carbocycles. The number of fused-ring (bicyclic) bond motifs is 1. The van der Waals surface area contributed by atoms with Crippen LogP contribution in [0.1, 0.15) is 82.0 Å². The molecular weight excluding hydrogens is 366 g/mol. The molecule has 162 valence electrons. The number of imidazole rings is 1. The molecule has 0 aliphatic heterocycles. The molecule has 1 amide bonds. The van der Waals surface area contributed by atoms with Crippen molar-refractivity contribution in [1.82, 2.24) is 14.7 Å². The molecule has 1 atom stereocenters. The summed E-state index contributed by atoms with van der Waals surface area (Å²) >= 11 is 0. The Hall–Kier alpha value is -2.08. The number of aryl methyl sites for hydroxylation is 2. The van der Waals surface area contributed by atoms with Gasteiger partial charge in [0.05, 0.1) is 23.9 Å². The van der Waals surface area contributed by atoms with Gasteiger partial charge in [0.1, 0.15) is 5.69 Å². The van der Waals surface area contributed by atoms with Crippen LogP contribution in [0.25, 0.3) is 5.65 Å². The van der Waals surface area contributed by atoms with Crippen LogP contribution >= 0.6 is 0 Å². The molecule has 2 aromatic rings. The molecule has 2 N–H and O–H groups in total. The lowest BCUT2D eigenvalue weighted by molar-refractivity contribution is 0.0313. The fourth-order valence-electron chi connectivity index (χ4n) is 3.38. The van der Waals surface area contributed by atoms with Gasteiger partial charge in [-0.2, -0.15) is 0 Å². The predicted octanol–water partition coefficient (Wildman–Crippen LogP) is 4.44. The van der Waals surface area contributed by atoms with Crippen LogP contribution in [0.2, 0.25) is 0 Å². The number of hydrogen-bond acceptors (Lipinski definition) is 4. The zero-order chi connectivity index (χ0) is 21.8. The van der Waals surface area contributed by atoms with Crippen molar-refractivity contribution in [3.63, 3.8) is 0 Å². The number of aromatic nitrogens is 2. The topological polar surface area (TPSA) is 75.9 Å². The zero-order valence-electron chi connectivity index (χ0n) is 19.0. The number of nitrogens with zero attached hydrogens (tertiary/aromatic N) is 2. The maximum Gasteiger partial charge on any atom is 0.270 e. The molecule has 0 radical (unpaired) electrons. The Morgan fingerprint density at radius 1 is 1.31 bits per heavy atom. The van der Waals surface area contributed by atoms with E-state index in [4.69, 9.17) is 4.74 Å². The molecule has 0 spiro atoms. The van der Waals surface area contributed by atoms with Crippen molar-refractivity contribution < 1.29 is 14.6 Å². The van der Waals surface area contributed by atoms with Crippen LogP contribution in [0.5, 0.6) is 5.75 Å². The molecule has 0 bridgehead atoms. The van der Waals surface area contributed by atoms with Crippen molar-refractivity contribution in [2.24, 2.45) is 5.92 Å². The molecule has 0 saturated heterocycles. The van der Waals surface area contributed by atoms with Gasteiger partial charge < -0.3 is 15.2 Å². The summed E-state index contributed by atoms with van der Waals surface area (Å²) in [6, 6.07) is 1.64. The number of rotatable bonds is 10. The van der Waals surface area contributed by atoms with Crippen molar-refractivity contribution in [2.75, 3.05) is 6.61 Å². The van der Waals surface area contributed by atoms with Gasteiger partial charge in [0, 0.05) is 6.20 Å². The Morgan fingerprint density at radius 3 is 2.59 bits per heavy atom. The van der Waals surface area contributed by atoms with Crippen molar-refractivity contribution in [2.45, 2.75) is 85.8 Å². The number of carbonyl (C=O) groups is 1. The van der Waals surface area contributed by atoms with Crippen molar-refractivity contribution >= 4 is 11.6 Å². The maximum absolute atomic E-state index is 13.2. The largest absolute Gasteiger partial charge is 0.490 e. The van der Waals surface area contributed by atoms with Gasteiger partial charge in [-0.15, -0.1) is 0 Å². The summed E-state index contributed by atoms with van der Waals surface area (Å²) in [4.78, 5) is 17.8. The van der Waals surface area contributed by atoms with Gasteiger partial charge in [0.15, 0.2) is 11.4 Å². The number of hydrogen-bond donors (Lipinski definition) is 2. The third-order valence-corrected chi connectivity index (χ3v) is 5.17. The highest BCUT2D eigenvalue weighted by atomic mass is 16.5. The summed E-state index contributed by atoms with van der Waals surface area (Å²) in [5.74, 6) is 1.02. The average Bonchev–Trinajstić information content (AvgIpc) is 2.93. The SMILES string of the molecule is CCCCC(NC(=O)c1c(C)nc2c(OCCC(C)C)cc(C)cn12)C(C)(C)O. The van der Waals surface area contributed by atoms with Gasteiger partial charge in [0.2, 0.25) is 0 Å². The Balaban J connectivity index is 2.36. The second-order valence-corrected chi connectivity index (χ2v) is 8.97. The molecule has 0 aliphatic carbocycles. The standard InChI is InChI=1S/C23H37N3O3/c1-8-9-10-19(23(6,7)28)25-22(27)20-17(5)24-21-18(29-12-11-15(2)3)13-16(4)14-26(20)21/h13-15,19,28H,8-12H2,1-7H3,(H,25,27). The number of pyridine rings is 1. The molecule has 29 heavy (non-hydrogen) atoms. The molecule has 6 heteroatoms. The minimum Gasteiger partial charge on any atom is -0.490 e. The first kappa shape index (κ1) is 23.2. The van der Waals surface area contributed by atoms with Crippen LogP contribution in [-0.4, -0.2) is 38.6 Å². The van der Waals surface area contributed by atoms with Gasteiger partial charge in [-0.05, 0) is 58.1 Å². The van der Waals surface area contributed by atoms with E-state index in [0.717, 1.165) is 31.2 Å². The van der Waals surface area contributed by atoms with Crippen LogP contribution < -0.4 is 10.1 Å². The van der Waals surface area contributed by atoms with Gasteiger partial charge in [-0.1, -0.05) is 33.6 Å². The molecule has 0 fully saturated rings. The van der Waals surface area contributed by atoms with Crippen LogP contribution in [0.4, 0.5) is 0 Å². The van der Waals surface area contributed by atoms with Crippen molar-refractivity contribution in [1.29, 1.82) is 0 Å². The van der Waals surface area contributed by atoms with Gasteiger partial charge in [-0.25, -0.2) is 4.98 Å². The minimum absolute atomic E-state index is 0.225. The summed E-state index contributed by atoms with van der Waals surface area (Å²) < 4.78 is 7.80. The quantitative estimate of drug-likeness (QED) is 0.615. The van der Waals surface area contributed by atoms with Crippen LogP contribution in [-0.2, 0) is 0 Å². The van der Waals surface area contributed by atoms with E-state index in [1.165, 1.54) is 0 Å². The van der Waals surface area contributed by atoms with E-state index in [0.29, 0.717) is 35.3 Å². The number of carbonyl (C=O) groups excluding carboxylic acids is 1. The van der Waals surface area contributed by atoms with Gasteiger partial charge >= 0.3 is 0 Å². The Bertz CT molecular complexity index is 834. The van der Waals surface area contributed by atoms with E-state index in [1.54, 1.807) is 13.8 Å². The van der Waals surface area contributed by atoms with E-state index >= 15 is 0 Å². The highest BCUT2D eigenvalue weighted by Crippen LogP contribution is 2.25. The van der Waals surface area contributed by atoms with E-state index in [9.17, 15) is 9.90 Å². The maximum atomic E-state index is 13.2. The van der Waals surface area contributed by atoms with E-state index in [2.05, 4.69) is 31.1 Å². The summed E-state index contributed by atoms with van der Waals surface area (Å²) in [5.41, 5.74) is 1.78. The highest BCUT2D eigenvalue weighted by Gasteiger charge is 2.30. The van der Waals surface area contributed by atoms with E-state index in [-0.39, 0.29) is 11.9 Å². The number of unbranched alkanes of at least 4 members (excludes halogenated alkanes) is 1. The van der Waals surface area contributed by atoms with Gasteiger partial charge in [0.25, 0.3) is 5.91 Å². The molecule has 2 aromatic heterocycles. The summed E-state index contributed by atoms with van der Waals surface area (Å²) in [6.07, 6.45) is 5.54. The Morgan fingerprint density at radius 2 is 2.00 bits per heavy atom. The summed E-state index contributed by atoms with van der Waals surface area (Å²) in [6.45, 7) is 14.3. The van der Waals surface area contributed by atoms with E-state index < -0.39 is 5.60 Å². The lowest BCUT2D eigenvalue weighted by atomic mass is 9.94. The van der Waals surface area contributed by atoms with Gasteiger partial charge in [-0.3, -0.25) is 9.20 Å². The lowest BCUT2D eigenvalue weighted by Crippen LogP contribution is -2.49. The normalized spacial score (nSPS) is 13.1. The molecule has 2 heterocycles. The third-order valence-electron chi connectivity index (χ3n) is 5.17. The first-order valence-electron chi connectivity index (χ1n) is 10.7. The van der Waals surface area contributed by atoms with Crippen LogP contribution in [0.15, 0.2) is 12.3 Å². The predicted molar refractivity (Wildman–Crippen MR) is 117 cm³/mol. The van der Waals surface area contributed by atoms with E-state index in [1.807, 2.05) is 30.5 Å². The summed E-state index contributed by atoms with van der Waals surface area (Å²) in [5, 5.41) is 13.5. The number of nitrogens with one attached hydrogen (secondary N) is 1. The monoisotopic (exact) mass is 403 g/mol. The first-order valence-corrected chi connectivity index (χ1v) is 10.7. The smallest absolute Gasteiger partial charge is 0.270 e. The lowest BCUT2D eigenvalue weighted by Gasteiger charge is -2.30. The second-order valence-electron chi connectivity index (χ2n) is 8.97. The summed E-state index contributed by atoms with van der Waals surface area (Å²) in [7, 11) is 0. The number of amides is 1. The minimum atomic E-state index is -1.000. The van der Waals surface area contributed by atoms with Crippen LogP contribution in [0, 0.1) is 19.8 Å². The first-order chi connectivity index (χ1) is 13.5. The number of ether oxygens (including phenoxy) is 1. The molecule has 2 rings (SSSR count). The molecule has 0 aliphatic rings. The third kappa shape index (κ3) is 5.95. The van der Waals surface area contributed by atoms with Crippen LogP contribution in [0.3, 0.4) is 0 Å². The average molecular weight is 404 g/mol. The van der Waals surface area contributed by atoms with Crippen molar-refractivity contribution in [3.05, 3.63) is 29.2 Å². The highest BCUT2D eigenvalue weighted by molar-refractivity contribution is 5.95. The fourth-order valence-corrected chi connectivity index (χ4v) is 3.38. The molecule has 0 aromatic carbocycles. The van der Waals surface area contributed by atoms with Crippen molar-refractivity contribution in [3.8, 4) is 5.75 Å². The molecular formula is C23H37N3O3.